The predicted molar refractivity (Wildman–Crippen MR) is 110 cm³/mol. The van der Waals surface area contributed by atoms with Crippen LogP contribution < -0.4 is 11.1 Å². The number of nitrogen functional groups attached to an aromatic ring is 1. The van der Waals surface area contributed by atoms with Gasteiger partial charge in [0.15, 0.2) is 0 Å². The van der Waals surface area contributed by atoms with Gasteiger partial charge in [0.1, 0.15) is 5.82 Å². The van der Waals surface area contributed by atoms with Crippen molar-refractivity contribution in [1.29, 1.82) is 0 Å². The summed E-state index contributed by atoms with van der Waals surface area (Å²) in [6, 6.07) is 14.8. The van der Waals surface area contributed by atoms with Crippen molar-refractivity contribution in [1.82, 2.24) is 14.5 Å². The van der Waals surface area contributed by atoms with E-state index in [1.807, 2.05) is 18.2 Å². The summed E-state index contributed by atoms with van der Waals surface area (Å²) in [4.78, 5) is 9.12. The zero-order valence-corrected chi connectivity index (χ0v) is 14.8. The van der Waals surface area contributed by atoms with Crippen LogP contribution in [0.1, 0.15) is 24.0 Å². The van der Waals surface area contributed by atoms with Crippen molar-refractivity contribution in [2.75, 3.05) is 11.1 Å². The van der Waals surface area contributed by atoms with E-state index in [0.29, 0.717) is 17.8 Å². The highest BCUT2D eigenvalue weighted by molar-refractivity contribution is 6.10. The van der Waals surface area contributed by atoms with Crippen molar-refractivity contribution >= 4 is 33.6 Å². The molecule has 2 heterocycles. The summed E-state index contributed by atoms with van der Waals surface area (Å²) in [5.74, 6) is 3.79. The third-order valence-corrected chi connectivity index (χ3v) is 5.02. The fourth-order valence-electron chi connectivity index (χ4n) is 3.45. The molecule has 1 aliphatic carbocycles. The van der Waals surface area contributed by atoms with Crippen LogP contribution in [-0.2, 0) is 6.54 Å². The molecule has 0 aliphatic heterocycles. The van der Waals surface area contributed by atoms with Crippen LogP contribution in [-0.4, -0.2) is 20.6 Å². The first-order chi connectivity index (χ1) is 13.2. The fraction of sp³-hybridized carbons (Fsp3) is 0.182. The van der Waals surface area contributed by atoms with E-state index >= 15 is 0 Å². The number of rotatable bonds is 4. The molecule has 5 rings (SSSR count). The predicted octanol–water partition coefficient (Wildman–Crippen LogP) is 3.77. The number of benzene rings is 2. The Hall–Kier alpha value is -3.52. The maximum Gasteiger partial charge on any atom is 0.225 e. The monoisotopic (exact) mass is 353 g/mol. The lowest BCUT2D eigenvalue weighted by Crippen LogP contribution is -2.07. The summed E-state index contributed by atoms with van der Waals surface area (Å²) in [5.41, 5.74) is 10.4. The molecule has 132 valence electrons. The topological polar surface area (TPSA) is 68.8 Å². The zero-order valence-electron chi connectivity index (χ0n) is 14.8. The molecule has 1 fully saturated rings. The summed E-state index contributed by atoms with van der Waals surface area (Å²) in [5, 5.41) is 5.31. The van der Waals surface area contributed by atoms with Crippen molar-refractivity contribution in [2.45, 2.75) is 25.4 Å². The second-order valence-corrected chi connectivity index (χ2v) is 7.03. The number of aromatic nitrogens is 3. The zero-order chi connectivity index (χ0) is 18.4. The molecule has 1 aliphatic rings. The SMILES string of the molecule is C#Cc1ccc(Cn2ccc3c4c(N)nc(NC5CC5)nc4ccc32)cc1. The van der Waals surface area contributed by atoms with Crippen LogP contribution in [0.2, 0.25) is 0 Å². The van der Waals surface area contributed by atoms with Gasteiger partial charge in [-0.25, -0.2) is 4.98 Å². The van der Waals surface area contributed by atoms with Gasteiger partial charge in [0, 0.05) is 35.2 Å². The maximum atomic E-state index is 6.29. The smallest absolute Gasteiger partial charge is 0.225 e. The van der Waals surface area contributed by atoms with Crippen molar-refractivity contribution in [2.24, 2.45) is 0 Å². The molecule has 0 saturated heterocycles. The number of hydrogen-bond acceptors (Lipinski definition) is 4. The summed E-state index contributed by atoms with van der Waals surface area (Å²) in [6.45, 7) is 0.766. The molecule has 4 aromatic rings. The Morgan fingerprint density at radius 1 is 1.11 bits per heavy atom. The van der Waals surface area contributed by atoms with Crippen LogP contribution >= 0.6 is 0 Å². The Kier molecular flexibility index (Phi) is 3.51. The minimum atomic E-state index is 0.493. The second-order valence-electron chi connectivity index (χ2n) is 7.03. The Labute approximate surface area is 157 Å². The minimum absolute atomic E-state index is 0.493. The van der Waals surface area contributed by atoms with Gasteiger partial charge in [-0.15, -0.1) is 6.42 Å². The van der Waals surface area contributed by atoms with Gasteiger partial charge in [-0.3, -0.25) is 0 Å². The molecule has 0 radical (unpaired) electrons. The molecule has 0 spiro atoms. The lowest BCUT2D eigenvalue weighted by atomic mass is 10.1. The molecule has 0 atom stereocenters. The molecule has 0 bridgehead atoms. The van der Waals surface area contributed by atoms with Crippen LogP contribution in [0.3, 0.4) is 0 Å². The highest BCUT2D eigenvalue weighted by Crippen LogP contribution is 2.31. The summed E-state index contributed by atoms with van der Waals surface area (Å²) in [6.07, 6.45) is 9.86. The van der Waals surface area contributed by atoms with Crippen molar-refractivity contribution < 1.29 is 0 Å². The average molecular weight is 353 g/mol. The Morgan fingerprint density at radius 3 is 2.67 bits per heavy atom. The van der Waals surface area contributed by atoms with Gasteiger partial charge < -0.3 is 15.6 Å². The number of hydrogen-bond donors (Lipinski definition) is 2. The Bertz CT molecular complexity index is 1190. The van der Waals surface area contributed by atoms with Crippen LogP contribution in [0.25, 0.3) is 21.8 Å². The van der Waals surface area contributed by atoms with Gasteiger partial charge in [0.25, 0.3) is 0 Å². The lowest BCUT2D eigenvalue weighted by molar-refractivity contribution is 0.837. The van der Waals surface area contributed by atoms with Gasteiger partial charge >= 0.3 is 0 Å². The Morgan fingerprint density at radius 2 is 1.93 bits per heavy atom. The molecule has 2 aromatic carbocycles. The van der Waals surface area contributed by atoms with Gasteiger partial charge in [-0.1, -0.05) is 18.1 Å². The molecule has 3 N–H and O–H groups in total. The van der Waals surface area contributed by atoms with Crippen molar-refractivity contribution in [3.8, 4) is 12.3 Å². The second kappa shape index (κ2) is 6.03. The molecule has 27 heavy (non-hydrogen) atoms. The quantitative estimate of drug-likeness (QED) is 0.548. The van der Waals surface area contributed by atoms with Crippen LogP contribution in [0, 0.1) is 12.3 Å². The van der Waals surface area contributed by atoms with Gasteiger partial charge in [0.2, 0.25) is 5.95 Å². The number of nitrogens with one attached hydrogen (secondary N) is 1. The van der Waals surface area contributed by atoms with Crippen LogP contribution in [0.5, 0.6) is 0 Å². The van der Waals surface area contributed by atoms with E-state index in [4.69, 9.17) is 12.2 Å². The van der Waals surface area contributed by atoms with Crippen LogP contribution in [0.4, 0.5) is 11.8 Å². The van der Waals surface area contributed by atoms with E-state index in [1.54, 1.807) is 0 Å². The first-order valence-corrected chi connectivity index (χ1v) is 9.08. The highest BCUT2D eigenvalue weighted by Gasteiger charge is 2.22. The summed E-state index contributed by atoms with van der Waals surface area (Å²) >= 11 is 0. The summed E-state index contributed by atoms with van der Waals surface area (Å²) in [7, 11) is 0. The van der Waals surface area contributed by atoms with Gasteiger partial charge in [-0.05, 0) is 48.7 Å². The lowest BCUT2D eigenvalue weighted by Gasteiger charge is -2.09. The number of nitrogens with two attached hydrogens (primary N) is 1. The number of anilines is 2. The van der Waals surface area contributed by atoms with E-state index in [2.05, 4.69) is 56.2 Å². The molecule has 1 saturated carbocycles. The van der Waals surface area contributed by atoms with Crippen LogP contribution in [0.15, 0.2) is 48.7 Å². The third-order valence-electron chi connectivity index (χ3n) is 5.02. The van der Waals surface area contributed by atoms with Crippen molar-refractivity contribution in [3.05, 3.63) is 59.8 Å². The number of terminal acetylenes is 1. The van der Waals surface area contributed by atoms with E-state index in [0.717, 1.165) is 33.9 Å². The fourth-order valence-corrected chi connectivity index (χ4v) is 3.45. The molecular weight excluding hydrogens is 334 g/mol. The normalized spacial score (nSPS) is 13.7. The molecular formula is C22H19N5. The van der Waals surface area contributed by atoms with Gasteiger partial charge in [0.05, 0.1) is 10.9 Å². The molecule has 0 unspecified atom stereocenters. The molecule has 5 heteroatoms. The first kappa shape index (κ1) is 15.7. The summed E-state index contributed by atoms with van der Waals surface area (Å²) < 4.78 is 2.20. The number of fused-ring (bicyclic) bond motifs is 3. The standard InChI is InChI=1S/C22H19N5/c1-2-14-3-5-15(6-4-14)13-27-12-11-17-19(27)10-9-18-20(17)21(23)26-22(25-18)24-16-7-8-16/h1,3-6,9-12,16H,7-8,13H2,(H3,23,24,25,26). The van der Waals surface area contributed by atoms with E-state index in [1.165, 1.54) is 18.4 Å². The maximum absolute atomic E-state index is 6.29. The third kappa shape index (κ3) is 2.85. The molecule has 2 aromatic heterocycles. The minimum Gasteiger partial charge on any atom is -0.383 e. The largest absolute Gasteiger partial charge is 0.383 e. The average Bonchev–Trinajstić information content (AvgIpc) is 3.40. The Balaban J connectivity index is 1.55. The van der Waals surface area contributed by atoms with Crippen molar-refractivity contribution in [3.63, 3.8) is 0 Å². The highest BCUT2D eigenvalue weighted by atomic mass is 15.1. The van der Waals surface area contributed by atoms with E-state index in [-0.39, 0.29) is 0 Å². The van der Waals surface area contributed by atoms with Gasteiger partial charge in [-0.2, -0.15) is 4.98 Å². The van der Waals surface area contributed by atoms with E-state index in [9.17, 15) is 0 Å². The van der Waals surface area contributed by atoms with E-state index < -0.39 is 0 Å². The molecule has 0 amide bonds. The first-order valence-electron chi connectivity index (χ1n) is 9.08. The molecule has 5 nitrogen and oxygen atoms in total. The number of nitrogens with zero attached hydrogens (tertiary/aromatic N) is 3.